The Balaban J connectivity index is 2.32. The molecule has 1 aliphatic rings. The molecule has 0 aromatic rings. The predicted molar refractivity (Wildman–Crippen MR) is 68.8 cm³/mol. The molecule has 17 heavy (non-hydrogen) atoms. The molecule has 1 amide bonds. The van der Waals surface area contributed by atoms with Crippen LogP contribution in [-0.4, -0.2) is 23.8 Å². The average Bonchev–Trinajstić information content (AvgIpc) is 2.10. The van der Waals surface area contributed by atoms with Crippen molar-refractivity contribution >= 4 is 6.09 Å². The third kappa shape index (κ3) is 6.51. The molecule has 0 aromatic carbocycles. The number of nitrogens with one attached hydrogen (secondary N) is 1. The third-order valence-electron chi connectivity index (χ3n) is 2.95. The third-order valence-corrected chi connectivity index (χ3v) is 2.95. The maximum Gasteiger partial charge on any atom is 0.407 e. The normalized spacial score (nSPS) is 26.8. The van der Waals surface area contributed by atoms with Crippen molar-refractivity contribution in [2.24, 2.45) is 5.73 Å². The number of rotatable bonds is 1. The first-order valence-corrected chi connectivity index (χ1v) is 6.61. The molecule has 1 aliphatic carbocycles. The van der Waals surface area contributed by atoms with Gasteiger partial charge in [-0.1, -0.05) is 0 Å². The van der Waals surface area contributed by atoms with Gasteiger partial charge in [-0.15, -0.1) is 0 Å². The first kappa shape index (κ1) is 14.3. The quantitative estimate of drug-likeness (QED) is 0.742. The molecule has 4 heteroatoms. The Morgan fingerprint density at radius 1 is 1.18 bits per heavy atom. The van der Waals surface area contributed by atoms with E-state index in [1.165, 1.54) is 0 Å². The summed E-state index contributed by atoms with van der Waals surface area (Å²) < 4.78 is 5.45. The number of hydrogen-bond acceptors (Lipinski definition) is 3. The molecule has 1 rings (SSSR count). The molecule has 0 heterocycles. The second-order valence-corrected chi connectivity index (χ2v) is 6.02. The van der Waals surface area contributed by atoms with Crippen molar-refractivity contribution in [2.45, 2.75) is 77.0 Å². The molecule has 0 radical (unpaired) electrons. The molecule has 0 spiro atoms. The molecule has 3 N–H and O–H groups in total. The summed E-state index contributed by atoms with van der Waals surface area (Å²) >= 11 is 0. The number of amides is 1. The van der Waals surface area contributed by atoms with E-state index in [2.05, 4.69) is 5.32 Å². The predicted octanol–water partition coefficient (Wildman–Crippen LogP) is 2.56. The van der Waals surface area contributed by atoms with Crippen molar-refractivity contribution < 1.29 is 9.53 Å². The lowest BCUT2D eigenvalue weighted by molar-refractivity contribution is 0.0754. The molecular formula is C13H26N2O2. The highest BCUT2D eigenvalue weighted by atomic mass is 16.6. The van der Waals surface area contributed by atoms with Gasteiger partial charge < -0.3 is 15.8 Å². The summed E-state index contributed by atoms with van der Waals surface area (Å²) in [6.07, 6.45) is 5.82. The summed E-state index contributed by atoms with van der Waals surface area (Å²) in [7, 11) is 0. The highest BCUT2D eigenvalue weighted by Crippen LogP contribution is 2.19. The fourth-order valence-corrected chi connectivity index (χ4v) is 2.11. The number of ether oxygens (including phenoxy) is 1. The van der Waals surface area contributed by atoms with Gasteiger partial charge in [0.2, 0.25) is 0 Å². The number of carbonyl (C=O) groups excluding carboxylic acids is 1. The molecule has 4 nitrogen and oxygen atoms in total. The van der Waals surface area contributed by atoms with Crippen LogP contribution in [0.25, 0.3) is 0 Å². The van der Waals surface area contributed by atoms with Crippen LogP contribution in [0.3, 0.4) is 0 Å². The van der Waals surface area contributed by atoms with Crippen LogP contribution < -0.4 is 11.1 Å². The Hall–Kier alpha value is -0.770. The van der Waals surface area contributed by atoms with Gasteiger partial charge in [0.1, 0.15) is 6.10 Å². The maximum atomic E-state index is 11.6. The van der Waals surface area contributed by atoms with Crippen molar-refractivity contribution in [1.29, 1.82) is 0 Å². The van der Waals surface area contributed by atoms with E-state index in [0.29, 0.717) is 6.04 Å². The first-order valence-electron chi connectivity index (χ1n) is 6.61. The number of nitrogens with two attached hydrogens (primary N) is 1. The largest absolute Gasteiger partial charge is 0.446 e. The van der Waals surface area contributed by atoms with Crippen molar-refractivity contribution in [2.75, 3.05) is 0 Å². The summed E-state index contributed by atoms with van der Waals surface area (Å²) in [5.41, 5.74) is 5.68. The number of hydrogen-bond donors (Lipinski definition) is 2. The minimum absolute atomic E-state index is 0.0600. The summed E-state index contributed by atoms with van der Waals surface area (Å²) in [6, 6.07) is 0.333. The molecule has 0 aliphatic heterocycles. The van der Waals surface area contributed by atoms with Crippen LogP contribution in [0.4, 0.5) is 4.79 Å². The van der Waals surface area contributed by atoms with E-state index < -0.39 is 0 Å². The van der Waals surface area contributed by atoms with E-state index in [9.17, 15) is 4.79 Å². The van der Waals surface area contributed by atoms with E-state index in [0.717, 1.165) is 38.5 Å². The van der Waals surface area contributed by atoms with E-state index in [1.54, 1.807) is 0 Å². The Morgan fingerprint density at radius 2 is 1.71 bits per heavy atom. The van der Waals surface area contributed by atoms with Gasteiger partial charge in [0, 0.05) is 11.6 Å². The van der Waals surface area contributed by atoms with Crippen LogP contribution in [-0.2, 0) is 4.74 Å². The highest BCUT2D eigenvalue weighted by Gasteiger charge is 2.20. The van der Waals surface area contributed by atoms with Gasteiger partial charge in [-0.05, 0) is 59.3 Å². The average molecular weight is 242 g/mol. The molecule has 0 atom stereocenters. The minimum atomic E-state index is -0.299. The van der Waals surface area contributed by atoms with Crippen LogP contribution in [0.1, 0.15) is 59.3 Å². The Labute approximate surface area is 104 Å². The lowest BCUT2D eigenvalue weighted by Gasteiger charge is -2.25. The molecule has 0 unspecified atom stereocenters. The van der Waals surface area contributed by atoms with Gasteiger partial charge in [0.15, 0.2) is 0 Å². The van der Waals surface area contributed by atoms with Crippen molar-refractivity contribution in [1.82, 2.24) is 5.32 Å². The van der Waals surface area contributed by atoms with Gasteiger partial charge in [-0.3, -0.25) is 0 Å². The zero-order valence-electron chi connectivity index (χ0n) is 11.3. The Bertz CT molecular complexity index is 238. The zero-order chi connectivity index (χ0) is 12.9. The summed E-state index contributed by atoms with van der Waals surface area (Å²) in [4.78, 5) is 11.6. The van der Waals surface area contributed by atoms with Crippen LogP contribution in [0, 0.1) is 0 Å². The molecule has 100 valence electrons. The fourth-order valence-electron chi connectivity index (χ4n) is 2.11. The lowest BCUT2D eigenvalue weighted by atomic mass is 9.95. The van der Waals surface area contributed by atoms with Crippen molar-refractivity contribution in [3.8, 4) is 0 Å². The number of alkyl carbamates (subject to hydrolysis) is 1. The van der Waals surface area contributed by atoms with Gasteiger partial charge in [0.25, 0.3) is 0 Å². The van der Waals surface area contributed by atoms with Crippen LogP contribution in [0.5, 0.6) is 0 Å². The molecule has 0 saturated heterocycles. The highest BCUT2D eigenvalue weighted by molar-refractivity contribution is 5.68. The van der Waals surface area contributed by atoms with Crippen LogP contribution >= 0.6 is 0 Å². The molecule has 1 saturated carbocycles. The second kappa shape index (κ2) is 6.24. The van der Waals surface area contributed by atoms with Gasteiger partial charge >= 0.3 is 6.09 Å². The molecule has 0 bridgehead atoms. The van der Waals surface area contributed by atoms with E-state index >= 15 is 0 Å². The summed E-state index contributed by atoms with van der Waals surface area (Å²) in [5.74, 6) is 0. The molecule has 1 fully saturated rings. The maximum absolute atomic E-state index is 11.6. The first-order chi connectivity index (χ1) is 7.87. The van der Waals surface area contributed by atoms with E-state index in [1.807, 2.05) is 20.8 Å². The van der Waals surface area contributed by atoms with Crippen LogP contribution in [0.2, 0.25) is 0 Å². The van der Waals surface area contributed by atoms with Crippen molar-refractivity contribution in [3.05, 3.63) is 0 Å². The Kier molecular flexibility index (Phi) is 5.25. The number of carbonyl (C=O) groups is 1. The summed E-state index contributed by atoms with van der Waals surface area (Å²) in [6.45, 7) is 5.85. The van der Waals surface area contributed by atoms with Gasteiger partial charge in [-0.25, -0.2) is 4.79 Å². The van der Waals surface area contributed by atoms with Gasteiger partial charge in [0.05, 0.1) is 0 Å². The van der Waals surface area contributed by atoms with E-state index in [4.69, 9.17) is 10.5 Å². The fraction of sp³-hybridized carbons (Fsp3) is 0.923. The molecular weight excluding hydrogens is 216 g/mol. The zero-order valence-corrected chi connectivity index (χ0v) is 11.3. The van der Waals surface area contributed by atoms with E-state index in [-0.39, 0.29) is 17.7 Å². The topological polar surface area (TPSA) is 64.3 Å². The van der Waals surface area contributed by atoms with Crippen molar-refractivity contribution in [3.63, 3.8) is 0 Å². The summed E-state index contributed by atoms with van der Waals surface area (Å²) in [5, 5.41) is 2.83. The minimum Gasteiger partial charge on any atom is -0.446 e. The van der Waals surface area contributed by atoms with Crippen LogP contribution in [0.15, 0.2) is 0 Å². The second-order valence-electron chi connectivity index (χ2n) is 6.02. The smallest absolute Gasteiger partial charge is 0.407 e. The standard InChI is InChI=1S/C13H26N2O2/c1-13(2,3)15-12(16)17-11-8-4-6-10(14)7-5-9-11/h10-11H,4-9,14H2,1-3H3,(H,15,16). The van der Waals surface area contributed by atoms with Gasteiger partial charge in [-0.2, -0.15) is 0 Å². The lowest BCUT2D eigenvalue weighted by Crippen LogP contribution is -2.42. The SMILES string of the molecule is CC(C)(C)NC(=O)OC1CCCC(N)CCC1. The monoisotopic (exact) mass is 242 g/mol. The molecule has 0 aromatic heterocycles. The Morgan fingerprint density at radius 3 is 2.18 bits per heavy atom.